The van der Waals surface area contributed by atoms with Gasteiger partial charge in [-0.2, -0.15) is 0 Å². The van der Waals surface area contributed by atoms with E-state index < -0.39 is 12.2 Å². The molecule has 1 aromatic rings. The lowest BCUT2D eigenvalue weighted by molar-refractivity contribution is 0.0572. The minimum atomic E-state index is -0.842. The summed E-state index contributed by atoms with van der Waals surface area (Å²) in [5.41, 5.74) is 0. The summed E-state index contributed by atoms with van der Waals surface area (Å²) in [4.78, 5) is 13.9. The number of carbonyl (C=O) groups excluding carboxylic acids is 1. The van der Waals surface area contributed by atoms with Crippen molar-refractivity contribution in [2.45, 2.75) is 12.2 Å². The first-order valence-corrected chi connectivity index (χ1v) is 5.77. The quantitative estimate of drug-likeness (QED) is 0.763. The molecule has 0 radical (unpaired) electrons. The van der Waals surface area contributed by atoms with Crippen molar-refractivity contribution in [3.05, 3.63) is 16.3 Å². The normalized spacial score (nSPS) is 24.8. The molecule has 1 fully saturated rings. The average molecular weight is 243 g/mol. The fourth-order valence-electron chi connectivity index (χ4n) is 1.63. The van der Waals surface area contributed by atoms with Gasteiger partial charge in [-0.3, -0.25) is 4.79 Å². The number of likely N-dealkylation sites (tertiary alicyclic amines) is 1. The van der Waals surface area contributed by atoms with Crippen molar-refractivity contribution in [2.24, 2.45) is 0 Å². The molecule has 2 heterocycles. The maximum absolute atomic E-state index is 11.9. The number of β-amino-alcohol motifs (C(OH)–C–C–N with tert-alkyl or cyclic N) is 2. The summed E-state index contributed by atoms with van der Waals surface area (Å²) in [6, 6.07) is 1.66. The number of carbonyl (C=O) groups is 1. The van der Waals surface area contributed by atoms with Gasteiger partial charge in [0, 0.05) is 24.5 Å². The molecule has 0 saturated carbocycles. The highest BCUT2D eigenvalue weighted by Crippen LogP contribution is 2.24. The van der Waals surface area contributed by atoms with Gasteiger partial charge in [-0.1, -0.05) is 0 Å². The molecule has 1 aliphatic rings. The van der Waals surface area contributed by atoms with Crippen LogP contribution in [0.2, 0.25) is 0 Å². The number of methoxy groups -OCH3 is 1. The molecule has 5 nitrogen and oxygen atoms in total. The number of amides is 1. The monoisotopic (exact) mass is 243 g/mol. The molecule has 88 valence electrons. The zero-order valence-electron chi connectivity index (χ0n) is 8.79. The van der Waals surface area contributed by atoms with Gasteiger partial charge in [0.05, 0.1) is 24.2 Å². The van der Waals surface area contributed by atoms with E-state index in [4.69, 9.17) is 4.74 Å². The molecule has 2 atom stereocenters. The maximum Gasteiger partial charge on any atom is 0.264 e. The van der Waals surface area contributed by atoms with Crippen molar-refractivity contribution in [3.8, 4) is 5.75 Å². The Bertz CT molecular complexity index is 382. The highest BCUT2D eigenvalue weighted by atomic mass is 32.1. The Morgan fingerprint density at radius 1 is 1.50 bits per heavy atom. The zero-order chi connectivity index (χ0) is 11.7. The van der Waals surface area contributed by atoms with Gasteiger partial charge >= 0.3 is 0 Å². The molecule has 1 aliphatic heterocycles. The third-order valence-electron chi connectivity index (χ3n) is 2.57. The van der Waals surface area contributed by atoms with E-state index in [9.17, 15) is 15.0 Å². The molecule has 16 heavy (non-hydrogen) atoms. The zero-order valence-corrected chi connectivity index (χ0v) is 9.61. The fourth-order valence-corrected chi connectivity index (χ4v) is 2.45. The Hall–Kier alpha value is -1.11. The van der Waals surface area contributed by atoms with Gasteiger partial charge in [0.2, 0.25) is 0 Å². The summed E-state index contributed by atoms with van der Waals surface area (Å²) in [6.45, 7) is 0.362. The summed E-state index contributed by atoms with van der Waals surface area (Å²) in [6.07, 6.45) is -1.68. The second kappa shape index (κ2) is 4.40. The summed E-state index contributed by atoms with van der Waals surface area (Å²) in [5, 5.41) is 20.4. The Balaban J connectivity index is 2.08. The standard InChI is InChI=1S/C10H13NO4S/c1-15-6-2-9(16-5-6)10(14)11-3-7(12)8(13)4-11/h2,5,7-8,12-13H,3-4H2,1H3. The number of rotatable bonds is 2. The van der Waals surface area contributed by atoms with Crippen LogP contribution in [0.4, 0.5) is 0 Å². The van der Waals surface area contributed by atoms with E-state index in [0.29, 0.717) is 10.6 Å². The predicted octanol–water partition coefficient (Wildman–Crippen LogP) is -0.0657. The third-order valence-corrected chi connectivity index (χ3v) is 3.46. The molecular weight excluding hydrogens is 230 g/mol. The number of aliphatic hydroxyl groups excluding tert-OH is 2. The Morgan fingerprint density at radius 2 is 2.12 bits per heavy atom. The van der Waals surface area contributed by atoms with E-state index in [1.807, 2.05) is 0 Å². The molecule has 0 bridgehead atoms. The predicted molar refractivity (Wildman–Crippen MR) is 58.8 cm³/mol. The van der Waals surface area contributed by atoms with Gasteiger partial charge in [0.25, 0.3) is 5.91 Å². The summed E-state index contributed by atoms with van der Waals surface area (Å²) in [5.74, 6) is 0.470. The highest BCUT2D eigenvalue weighted by molar-refractivity contribution is 7.12. The van der Waals surface area contributed by atoms with Crippen molar-refractivity contribution in [2.75, 3.05) is 20.2 Å². The molecule has 0 aliphatic carbocycles. The van der Waals surface area contributed by atoms with Gasteiger partial charge < -0.3 is 19.8 Å². The van der Waals surface area contributed by atoms with Crippen LogP contribution in [-0.4, -0.2) is 53.4 Å². The van der Waals surface area contributed by atoms with E-state index in [2.05, 4.69) is 0 Å². The van der Waals surface area contributed by atoms with Gasteiger partial charge in [-0.25, -0.2) is 0 Å². The summed E-state index contributed by atoms with van der Waals surface area (Å²) < 4.78 is 4.99. The third kappa shape index (κ3) is 2.04. The topological polar surface area (TPSA) is 70.0 Å². The lowest BCUT2D eigenvalue weighted by Crippen LogP contribution is -2.29. The maximum atomic E-state index is 11.9. The molecule has 0 spiro atoms. The van der Waals surface area contributed by atoms with Gasteiger partial charge in [0.15, 0.2) is 0 Å². The first kappa shape index (κ1) is 11.4. The van der Waals surface area contributed by atoms with Crippen molar-refractivity contribution >= 4 is 17.2 Å². The Kier molecular flexibility index (Phi) is 3.13. The number of thiophene rings is 1. The Morgan fingerprint density at radius 3 is 2.62 bits per heavy atom. The van der Waals surface area contributed by atoms with Crippen molar-refractivity contribution in [3.63, 3.8) is 0 Å². The number of nitrogens with zero attached hydrogens (tertiary/aromatic N) is 1. The smallest absolute Gasteiger partial charge is 0.264 e. The number of aliphatic hydroxyl groups is 2. The van der Waals surface area contributed by atoms with Crippen LogP contribution in [0.25, 0.3) is 0 Å². The SMILES string of the molecule is COc1csc(C(=O)N2CC(O)C(O)C2)c1. The van der Waals surface area contributed by atoms with Crippen LogP contribution >= 0.6 is 11.3 Å². The lowest BCUT2D eigenvalue weighted by atomic mass is 10.3. The molecule has 1 saturated heterocycles. The molecule has 6 heteroatoms. The van der Waals surface area contributed by atoms with Crippen LogP contribution in [0.1, 0.15) is 9.67 Å². The van der Waals surface area contributed by atoms with Crippen LogP contribution in [0.5, 0.6) is 5.75 Å². The van der Waals surface area contributed by atoms with Gasteiger partial charge in [0.1, 0.15) is 5.75 Å². The molecule has 1 aromatic heterocycles. The molecule has 0 aromatic carbocycles. The molecule has 2 rings (SSSR count). The van der Waals surface area contributed by atoms with Gasteiger partial charge in [-0.15, -0.1) is 11.3 Å². The minimum Gasteiger partial charge on any atom is -0.496 e. The van der Waals surface area contributed by atoms with Crippen LogP contribution < -0.4 is 4.74 Å². The fraction of sp³-hybridized carbons (Fsp3) is 0.500. The molecule has 2 N–H and O–H groups in total. The number of ether oxygens (including phenoxy) is 1. The lowest BCUT2D eigenvalue weighted by Gasteiger charge is -2.13. The van der Waals surface area contributed by atoms with Crippen LogP contribution in [-0.2, 0) is 0 Å². The first-order chi connectivity index (χ1) is 7.61. The second-order valence-corrected chi connectivity index (χ2v) is 4.61. The van der Waals surface area contributed by atoms with Crippen LogP contribution in [0, 0.1) is 0 Å². The highest BCUT2D eigenvalue weighted by Gasteiger charge is 2.33. The average Bonchev–Trinajstić information content (AvgIpc) is 2.86. The minimum absolute atomic E-state index is 0.177. The van der Waals surface area contributed by atoms with Crippen molar-refractivity contribution in [1.29, 1.82) is 0 Å². The molecule has 2 unspecified atom stereocenters. The number of hydrogen-bond donors (Lipinski definition) is 2. The number of hydrogen-bond acceptors (Lipinski definition) is 5. The van der Waals surface area contributed by atoms with E-state index >= 15 is 0 Å². The van der Waals surface area contributed by atoms with E-state index in [1.165, 1.54) is 16.2 Å². The van der Waals surface area contributed by atoms with Crippen molar-refractivity contribution in [1.82, 2.24) is 4.90 Å². The van der Waals surface area contributed by atoms with E-state index in [1.54, 1.807) is 18.6 Å². The molecule has 1 amide bonds. The van der Waals surface area contributed by atoms with E-state index in [0.717, 1.165) is 0 Å². The summed E-state index contributed by atoms with van der Waals surface area (Å²) in [7, 11) is 1.54. The van der Waals surface area contributed by atoms with E-state index in [-0.39, 0.29) is 19.0 Å². The van der Waals surface area contributed by atoms with Gasteiger partial charge in [-0.05, 0) is 0 Å². The second-order valence-electron chi connectivity index (χ2n) is 3.70. The van der Waals surface area contributed by atoms with Crippen molar-refractivity contribution < 1.29 is 19.7 Å². The van der Waals surface area contributed by atoms with Crippen LogP contribution in [0.3, 0.4) is 0 Å². The molecular formula is C10H13NO4S. The summed E-state index contributed by atoms with van der Waals surface area (Å²) >= 11 is 1.29. The largest absolute Gasteiger partial charge is 0.496 e. The first-order valence-electron chi connectivity index (χ1n) is 4.89. The van der Waals surface area contributed by atoms with Crippen LogP contribution in [0.15, 0.2) is 11.4 Å². The Labute approximate surface area is 96.9 Å².